The summed E-state index contributed by atoms with van der Waals surface area (Å²) in [5.41, 5.74) is 3.30. The molecular formula is C13H19NO. The topological polar surface area (TPSA) is 32.3 Å². The molecule has 0 saturated carbocycles. The van der Waals surface area contributed by atoms with Gasteiger partial charge >= 0.3 is 0 Å². The zero-order valence-electron chi connectivity index (χ0n) is 9.51. The highest BCUT2D eigenvalue weighted by atomic mass is 16.3. The van der Waals surface area contributed by atoms with Gasteiger partial charge in [0.25, 0.3) is 0 Å². The summed E-state index contributed by atoms with van der Waals surface area (Å²) in [5, 5.41) is 13.5. The molecule has 0 spiro atoms. The normalized spacial score (nSPS) is 25.8. The van der Waals surface area contributed by atoms with Crippen LogP contribution in [0.4, 0.5) is 0 Å². The van der Waals surface area contributed by atoms with E-state index in [9.17, 15) is 5.11 Å². The largest absolute Gasteiger partial charge is 0.388 e. The molecule has 2 rings (SSSR count). The zero-order chi connectivity index (χ0) is 10.9. The standard InChI is InChI=1S/C13H19NO/c1-10-3-4-11(2)12(7-10)8-13(15)5-6-14-9-13/h3-4,7,14-15H,5-6,8-9H2,1-2H3. The first-order valence-corrected chi connectivity index (χ1v) is 5.58. The van der Waals surface area contributed by atoms with Crippen molar-refractivity contribution in [1.82, 2.24) is 5.32 Å². The van der Waals surface area contributed by atoms with Crippen molar-refractivity contribution in [3.8, 4) is 0 Å². The Balaban J connectivity index is 2.19. The zero-order valence-corrected chi connectivity index (χ0v) is 9.51. The van der Waals surface area contributed by atoms with Crippen molar-refractivity contribution < 1.29 is 5.11 Å². The number of benzene rings is 1. The number of hydrogen-bond donors (Lipinski definition) is 2. The van der Waals surface area contributed by atoms with Crippen LogP contribution in [0.25, 0.3) is 0 Å². The van der Waals surface area contributed by atoms with Crippen LogP contribution >= 0.6 is 0 Å². The van der Waals surface area contributed by atoms with Crippen LogP contribution < -0.4 is 5.32 Å². The third-order valence-electron chi connectivity index (χ3n) is 3.25. The minimum absolute atomic E-state index is 0.529. The number of aryl methyl sites for hydroxylation is 2. The summed E-state index contributed by atoms with van der Waals surface area (Å²) in [5.74, 6) is 0. The summed E-state index contributed by atoms with van der Waals surface area (Å²) in [6.45, 7) is 5.86. The smallest absolute Gasteiger partial charge is 0.0823 e. The fourth-order valence-electron chi connectivity index (χ4n) is 2.23. The quantitative estimate of drug-likeness (QED) is 0.768. The molecule has 1 aliphatic heterocycles. The fraction of sp³-hybridized carbons (Fsp3) is 0.538. The van der Waals surface area contributed by atoms with Crippen molar-refractivity contribution in [3.05, 3.63) is 34.9 Å². The van der Waals surface area contributed by atoms with Gasteiger partial charge < -0.3 is 10.4 Å². The molecule has 0 amide bonds. The third kappa shape index (κ3) is 2.39. The lowest BCUT2D eigenvalue weighted by molar-refractivity contribution is 0.0617. The molecule has 82 valence electrons. The van der Waals surface area contributed by atoms with Crippen molar-refractivity contribution in [2.45, 2.75) is 32.3 Å². The lowest BCUT2D eigenvalue weighted by Gasteiger charge is -2.22. The summed E-state index contributed by atoms with van der Waals surface area (Å²) in [4.78, 5) is 0. The van der Waals surface area contributed by atoms with Crippen LogP contribution in [0.3, 0.4) is 0 Å². The van der Waals surface area contributed by atoms with Crippen LogP contribution in [0, 0.1) is 13.8 Å². The minimum atomic E-state index is -0.529. The molecule has 1 aliphatic rings. The van der Waals surface area contributed by atoms with E-state index >= 15 is 0 Å². The second-order valence-electron chi connectivity index (χ2n) is 4.76. The number of rotatable bonds is 2. The van der Waals surface area contributed by atoms with Crippen molar-refractivity contribution >= 4 is 0 Å². The molecule has 2 heteroatoms. The molecule has 1 aromatic rings. The average molecular weight is 205 g/mol. The second kappa shape index (κ2) is 3.95. The van der Waals surface area contributed by atoms with Gasteiger partial charge in [-0.25, -0.2) is 0 Å². The van der Waals surface area contributed by atoms with Crippen LogP contribution in [0.15, 0.2) is 18.2 Å². The maximum absolute atomic E-state index is 10.3. The summed E-state index contributed by atoms with van der Waals surface area (Å²) in [6.07, 6.45) is 1.63. The maximum atomic E-state index is 10.3. The number of nitrogens with one attached hydrogen (secondary N) is 1. The molecule has 1 fully saturated rings. The van der Waals surface area contributed by atoms with E-state index in [-0.39, 0.29) is 0 Å². The van der Waals surface area contributed by atoms with E-state index in [1.807, 2.05) is 0 Å². The highest BCUT2D eigenvalue weighted by molar-refractivity contribution is 5.31. The summed E-state index contributed by atoms with van der Waals surface area (Å²) in [7, 11) is 0. The molecule has 1 atom stereocenters. The Labute approximate surface area is 91.3 Å². The summed E-state index contributed by atoms with van der Waals surface area (Å²) in [6, 6.07) is 6.44. The van der Waals surface area contributed by atoms with E-state index in [0.29, 0.717) is 0 Å². The first-order chi connectivity index (χ1) is 7.09. The predicted molar refractivity (Wildman–Crippen MR) is 62.1 cm³/mol. The Kier molecular flexibility index (Phi) is 2.81. The average Bonchev–Trinajstić information content (AvgIpc) is 2.59. The second-order valence-corrected chi connectivity index (χ2v) is 4.76. The molecule has 1 aromatic carbocycles. The molecule has 1 unspecified atom stereocenters. The van der Waals surface area contributed by atoms with E-state index < -0.39 is 5.60 Å². The van der Waals surface area contributed by atoms with Gasteiger partial charge in [-0.1, -0.05) is 23.8 Å². The summed E-state index contributed by atoms with van der Waals surface area (Å²) >= 11 is 0. The molecule has 0 bridgehead atoms. The molecule has 0 aromatic heterocycles. The van der Waals surface area contributed by atoms with Crippen molar-refractivity contribution in [1.29, 1.82) is 0 Å². The first-order valence-electron chi connectivity index (χ1n) is 5.58. The Bertz CT molecular complexity index is 354. The van der Waals surface area contributed by atoms with Crippen molar-refractivity contribution in [2.75, 3.05) is 13.1 Å². The SMILES string of the molecule is Cc1ccc(C)c(CC2(O)CCNC2)c1. The van der Waals surface area contributed by atoms with Crippen LogP contribution in [-0.2, 0) is 6.42 Å². The molecule has 2 N–H and O–H groups in total. The van der Waals surface area contributed by atoms with Gasteiger partial charge in [-0.15, -0.1) is 0 Å². The van der Waals surface area contributed by atoms with E-state index in [2.05, 4.69) is 37.4 Å². The van der Waals surface area contributed by atoms with E-state index in [1.165, 1.54) is 16.7 Å². The Morgan fingerprint density at radius 3 is 2.87 bits per heavy atom. The molecule has 0 radical (unpaired) electrons. The molecule has 1 saturated heterocycles. The van der Waals surface area contributed by atoms with Gasteiger partial charge in [0.05, 0.1) is 5.60 Å². The Hall–Kier alpha value is -0.860. The Morgan fingerprint density at radius 1 is 1.40 bits per heavy atom. The molecule has 15 heavy (non-hydrogen) atoms. The van der Waals surface area contributed by atoms with Gasteiger partial charge in [0, 0.05) is 13.0 Å². The maximum Gasteiger partial charge on any atom is 0.0823 e. The monoisotopic (exact) mass is 205 g/mol. The number of β-amino-alcohol motifs (C(OH)–C–C–N with tert-alkyl or cyclic N) is 1. The Morgan fingerprint density at radius 2 is 2.20 bits per heavy atom. The predicted octanol–water partition coefficient (Wildman–Crippen LogP) is 1.57. The number of aliphatic hydroxyl groups is 1. The molecule has 0 aliphatic carbocycles. The van der Waals surface area contributed by atoms with Gasteiger partial charge in [0.15, 0.2) is 0 Å². The molecule has 1 heterocycles. The highest BCUT2D eigenvalue weighted by Gasteiger charge is 2.31. The van der Waals surface area contributed by atoms with Gasteiger partial charge in [0.2, 0.25) is 0 Å². The lowest BCUT2D eigenvalue weighted by Crippen LogP contribution is -2.34. The first kappa shape index (κ1) is 10.7. The van der Waals surface area contributed by atoms with E-state index in [1.54, 1.807) is 0 Å². The highest BCUT2D eigenvalue weighted by Crippen LogP contribution is 2.22. The molecular weight excluding hydrogens is 186 g/mol. The van der Waals surface area contributed by atoms with E-state index in [4.69, 9.17) is 0 Å². The number of hydrogen-bond acceptors (Lipinski definition) is 2. The fourth-order valence-corrected chi connectivity index (χ4v) is 2.23. The van der Waals surface area contributed by atoms with Crippen LogP contribution in [-0.4, -0.2) is 23.8 Å². The third-order valence-corrected chi connectivity index (χ3v) is 3.25. The lowest BCUT2D eigenvalue weighted by atomic mass is 9.90. The van der Waals surface area contributed by atoms with Crippen LogP contribution in [0.1, 0.15) is 23.1 Å². The van der Waals surface area contributed by atoms with Gasteiger partial charge in [-0.05, 0) is 37.9 Å². The van der Waals surface area contributed by atoms with E-state index in [0.717, 1.165) is 25.9 Å². The van der Waals surface area contributed by atoms with Gasteiger partial charge in [-0.3, -0.25) is 0 Å². The van der Waals surface area contributed by atoms with Gasteiger partial charge in [0.1, 0.15) is 0 Å². The van der Waals surface area contributed by atoms with Crippen molar-refractivity contribution in [2.24, 2.45) is 0 Å². The van der Waals surface area contributed by atoms with Crippen LogP contribution in [0.5, 0.6) is 0 Å². The molecule has 2 nitrogen and oxygen atoms in total. The van der Waals surface area contributed by atoms with Crippen LogP contribution in [0.2, 0.25) is 0 Å². The van der Waals surface area contributed by atoms with Gasteiger partial charge in [-0.2, -0.15) is 0 Å². The summed E-state index contributed by atoms with van der Waals surface area (Å²) < 4.78 is 0. The minimum Gasteiger partial charge on any atom is -0.388 e. The van der Waals surface area contributed by atoms with Crippen molar-refractivity contribution in [3.63, 3.8) is 0 Å².